The minimum atomic E-state index is -0.609. The monoisotopic (exact) mass is 642 g/mol. The van der Waals surface area contributed by atoms with Crippen molar-refractivity contribution in [1.82, 2.24) is 16.3 Å². The van der Waals surface area contributed by atoms with Gasteiger partial charge in [0, 0.05) is 35.1 Å². The number of nitro groups is 2. The van der Waals surface area contributed by atoms with Gasteiger partial charge in [-0.05, 0) is 54.4 Å². The number of halogens is 1. The molecule has 2 amide bonds. The SMILES string of the molecule is CC(C)(C)OC(=O)NN.CC(C)(C)OC(=O)NNCCc1ccccc1[N+](=O)[O-].O=[N+]([O-])c1ccccc1CCBr. The second-order valence-corrected chi connectivity index (χ2v) is 11.0. The molecule has 228 valence electrons. The van der Waals surface area contributed by atoms with Gasteiger partial charge in [-0.15, -0.1) is 0 Å². The van der Waals surface area contributed by atoms with E-state index in [1.165, 1.54) is 12.1 Å². The zero-order chi connectivity index (χ0) is 31.6. The molecule has 0 bridgehead atoms. The number of hydrazine groups is 2. The van der Waals surface area contributed by atoms with E-state index >= 15 is 0 Å². The van der Waals surface area contributed by atoms with Gasteiger partial charge in [-0.2, -0.15) is 0 Å². The third-order valence-electron chi connectivity index (χ3n) is 4.37. The lowest BCUT2D eigenvalue weighted by Crippen LogP contribution is -2.42. The number of nitrogens with one attached hydrogen (secondary N) is 3. The second-order valence-electron chi connectivity index (χ2n) is 10.2. The number of rotatable bonds is 8. The van der Waals surface area contributed by atoms with E-state index < -0.39 is 28.3 Å². The van der Waals surface area contributed by atoms with E-state index in [0.717, 1.165) is 10.9 Å². The molecule has 14 nitrogen and oxygen atoms in total. The van der Waals surface area contributed by atoms with E-state index in [4.69, 9.17) is 15.3 Å². The number of aryl methyl sites for hydroxylation is 1. The highest BCUT2D eigenvalue weighted by molar-refractivity contribution is 9.09. The zero-order valence-corrected chi connectivity index (χ0v) is 25.6. The first-order valence-corrected chi connectivity index (χ1v) is 13.5. The van der Waals surface area contributed by atoms with Gasteiger partial charge in [0.05, 0.1) is 9.85 Å². The Hall–Kier alpha value is -3.82. The summed E-state index contributed by atoms with van der Waals surface area (Å²) in [7, 11) is 0. The molecule has 0 spiro atoms. The number of alkyl halides is 1. The molecule has 0 unspecified atom stereocenters. The number of nitrogens with two attached hydrogens (primary N) is 1. The van der Waals surface area contributed by atoms with Gasteiger partial charge in [0.25, 0.3) is 11.4 Å². The molecule has 0 aliphatic rings. The number of carbonyl (C=O) groups is 2. The fourth-order valence-corrected chi connectivity index (χ4v) is 3.27. The van der Waals surface area contributed by atoms with E-state index in [2.05, 4.69) is 26.8 Å². The molecule has 0 heterocycles. The maximum atomic E-state index is 11.3. The smallest absolute Gasteiger partial charge is 0.422 e. The molecule has 0 atom stereocenters. The maximum absolute atomic E-state index is 11.3. The van der Waals surface area contributed by atoms with Crippen molar-refractivity contribution < 1.29 is 28.9 Å². The Morgan fingerprint density at radius 1 is 0.805 bits per heavy atom. The molecule has 41 heavy (non-hydrogen) atoms. The summed E-state index contributed by atoms with van der Waals surface area (Å²) in [5.41, 5.74) is 7.54. The Morgan fingerprint density at radius 3 is 1.59 bits per heavy atom. The molecular formula is C26H39BrN6O8. The molecule has 0 fully saturated rings. The highest BCUT2D eigenvalue weighted by Crippen LogP contribution is 2.19. The third kappa shape index (κ3) is 18.2. The summed E-state index contributed by atoms with van der Waals surface area (Å²) in [6.07, 6.45) is -0.0769. The average molecular weight is 644 g/mol. The molecule has 5 N–H and O–H groups in total. The van der Waals surface area contributed by atoms with Crippen LogP contribution in [0.1, 0.15) is 52.7 Å². The van der Waals surface area contributed by atoms with Crippen LogP contribution in [-0.2, 0) is 22.3 Å². The van der Waals surface area contributed by atoms with Crippen LogP contribution in [0.2, 0.25) is 0 Å². The predicted octanol–water partition coefficient (Wildman–Crippen LogP) is 5.08. The van der Waals surface area contributed by atoms with E-state index in [1.807, 2.05) is 11.5 Å². The zero-order valence-electron chi connectivity index (χ0n) is 24.1. The highest BCUT2D eigenvalue weighted by Gasteiger charge is 2.16. The van der Waals surface area contributed by atoms with Gasteiger partial charge in [0.2, 0.25) is 0 Å². The van der Waals surface area contributed by atoms with Crippen LogP contribution in [0.3, 0.4) is 0 Å². The molecule has 0 radical (unpaired) electrons. The molecule has 0 aromatic heterocycles. The largest absolute Gasteiger partial charge is 0.443 e. The molecule has 0 aliphatic carbocycles. The summed E-state index contributed by atoms with van der Waals surface area (Å²) in [5, 5.41) is 22.0. The van der Waals surface area contributed by atoms with Gasteiger partial charge in [-0.25, -0.2) is 20.9 Å². The van der Waals surface area contributed by atoms with E-state index in [1.54, 1.807) is 71.9 Å². The number of para-hydroxylation sites is 2. The van der Waals surface area contributed by atoms with Crippen molar-refractivity contribution in [3.05, 3.63) is 79.9 Å². The molecule has 2 aromatic rings. The van der Waals surface area contributed by atoms with Gasteiger partial charge in [0.1, 0.15) is 11.2 Å². The molecule has 2 aromatic carbocycles. The van der Waals surface area contributed by atoms with Crippen LogP contribution in [0.15, 0.2) is 48.5 Å². The van der Waals surface area contributed by atoms with Gasteiger partial charge in [0.15, 0.2) is 0 Å². The molecule has 0 saturated carbocycles. The van der Waals surface area contributed by atoms with Crippen molar-refractivity contribution in [2.75, 3.05) is 11.9 Å². The van der Waals surface area contributed by atoms with Crippen molar-refractivity contribution in [2.24, 2.45) is 5.84 Å². The molecule has 0 aliphatic heterocycles. The Balaban J connectivity index is 0.000000646. The van der Waals surface area contributed by atoms with E-state index in [9.17, 15) is 29.8 Å². The average Bonchev–Trinajstić information content (AvgIpc) is 2.86. The summed E-state index contributed by atoms with van der Waals surface area (Å²) < 4.78 is 9.74. The fourth-order valence-electron chi connectivity index (χ4n) is 2.85. The Labute approximate surface area is 247 Å². The molecule has 2 rings (SSSR count). The van der Waals surface area contributed by atoms with Crippen LogP contribution < -0.4 is 22.1 Å². The minimum Gasteiger partial charge on any atom is -0.443 e. The van der Waals surface area contributed by atoms with Crippen LogP contribution in [0.5, 0.6) is 0 Å². The number of amides is 2. The third-order valence-corrected chi connectivity index (χ3v) is 4.76. The van der Waals surface area contributed by atoms with Crippen molar-refractivity contribution in [1.29, 1.82) is 0 Å². The van der Waals surface area contributed by atoms with Gasteiger partial charge in [-0.3, -0.25) is 31.1 Å². The summed E-state index contributed by atoms with van der Waals surface area (Å²) in [5.74, 6) is 4.75. The van der Waals surface area contributed by atoms with E-state index in [0.29, 0.717) is 24.9 Å². The quantitative estimate of drug-likeness (QED) is 0.0750. The standard InChI is InChI=1S/C13H19N3O4.C8H8BrNO2.C5H12N2O2/c1-13(2,3)20-12(17)15-14-9-8-10-6-4-5-7-11(10)16(18)19;9-6-5-7-3-1-2-4-8(7)10(11)12;1-5(2,3)9-4(8)7-6/h4-7,14H,8-9H2,1-3H3,(H,15,17);1-4H,5-6H2;6H2,1-3H3,(H,7,8). The Bertz CT molecular complexity index is 1140. The summed E-state index contributed by atoms with van der Waals surface area (Å²) in [4.78, 5) is 42.2. The second kappa shape index (κ2) is 18.5. The lowest BCUT2D eigenvalue weighted by molar-refractivity contribution is -0.385. The molecule has 15 heteroatoms. The highest BCUT2D eigenvalue weighted by atomic mass is 79.9. The number of nitro benzene ring substituents is 2. The maximum Gasteiger partial charge on any atom is 0.422 e. The first kappa shape index (κ1) is 37.2. The van der Waals surface area contributed by atoms with Crippen LogP contribution >= 0.6 is 15.9 Å². The van der Waals surface area contributed by atoms with Crippen LogP contribution in [0.4, 0.5) is 21.0 Å². The lowest BCUT2D eigenvalue weighted by atomic mass is 10.1. The van der Waals surface area contributed by atoms with Gasteiger partial charge in [-0.1, -0.05) is 52.3 Å². The van der Waals surface area contributed by atoms with Gasteiger partial charge >= 0.3 is 12.2 Å². The number of nitrogens with zero attached hydrogens (tertiary/aromatic N) is 2. The number of hydrogen-bond acceptors (Lipinski definition) is 10. The number of hydrogen-bond donors (Lipinski definition) is 4. The Morgan fingerprint density at radius 2 is 1.22 bits per heavy atom. The van der Waals surface area contributed by atoms with Crippen molar-refractivity contribution in [2.45, 2.75) is 65.6 Å². The number of ether oxygens (including phenoxy) is 2. The normalized spacial score (nSPS) is 10.5. The molecule has 0 saturated heterocycles. The minimum absolute atomic E-state index is 0.0755. The Kier molecular flexibility index (Phi) is 16.8. The number of benzene rings is 2. The van der Waals surface area contributed by atoms with Crippen LogP contribution in [-0.4, -0.2) is 45.1 Å². The fraction of sp³-hybridized carbons (Fsp3) is 0.462. The van der Waals surface area contributed by atoms with Crippen LogP contribution in [0, 0.1) is 20.2 Å². The lowest BCUT2D eigenvalue weighted by Gasteiger charge is -2.19. The van der Waals surface area contributed by atoms with Gasteiger partial charge < -0.3 is 9.47 Å². The first-order valence-electron chi connectivity index (χ1n) is 12.4. The topological polar surface area (TPSA) is 201 Å². The summed E-state index contributed by atoms with van der Waals surface area (Å²) >= 11 is 3.25. The van der Waals surface area contributed by atoms with Crippen molar-refractivity contribution in [3.8, 4) is 0 Å². The molecular weight excluding hydrogens is 604 g/mol. The van der Waals surface area contributed by atoms with Crippen molar-refractivity contribution in [3.63, 3.8) is 0 Å². The van der Waals surface area contributed by atoms with Crippen molar-refractivity contribution >= 4 is 39.5 Å². The predicted molar refractivity (Wildman–Crippen MR) is 158 cm³/mol. The van der Waals surface area contributed by atoms with Crippen LogP contribution in [0.25, 0.3) is 0 Å². The number of carbonyl (C=O) groups excluding carboxylic acids is 2. The summed E-state index contributed by atoms with van der Waals surface area (Å²) in [6.45, 7) is 11.0. The van der Waals surface area contributed by atoms with E-state index in [-0.39, 0.29) is 16.3 Å². The first-order chi connectivity index (χ1) is 19.0. The summed E-state index contributed by atoms with van der Waals surface area (Å²) in [6, 6.07) is 13.3.